The van der Waals surface area contributed by atoms with Crippen molar-refractivity contribution in [1.29, 1.82) is 0 Å². The normalized spacial score (nSPS) is 23.0. The van der Waals surface area contributed by atoms with Crippen LogP contribution in [0.5, 0.6) is 0 Å². The summed E-state index contributed by atoms with van der Waals surface area (Å²) in [5.74, 6) is 0.600. The smallest absolute Gasteiger partial charge is 0.229 e. The lowest BCUT2D eigenvalue weighted by atomic mass is 9.93. The number of pyridine rings is 1. The Morgan fingerprint density at radius 2 is 2.08 bits per heavy atom. The van der Waals surface area contributed by atoms with E-state index in [-0.39, 0.29) is 17.6 Å². The first kappa shape index (κ1) is 17.5. The molecule has 1 atom stereocenters. The summed E-state index contributed by atoms with van der Waals surface area (Å²) in [5, 5.41) is 3.04. The third-order valence-electron chi connectivity index (χ3n) is 5.57. The minimum absolute atomic E-state index is 0.0133. The molecule has 1 unspecified atom stereocenters. The number of nitrogens with one attached hydrogen (secondary N) is 1. The molecule has 1 saturated carbocycles. The number of fused-ring (bicyclic) bond motifs is 1. The van der Waals surface area contributed by atoms with Crippen molar-refractivity contribution in [2.24, 2.45) is 0 Å². The lowest BCUT2D eigenvalue weighted by Crippen LogP contribution is -2.37. The SMILES string of the molecule is Cc1ccc2nc(NC(=O)CC3CCCC(C)(C)O3)n(C3CCC3)c2n1. The van der Waals surface area contributed by atoms with Crippen LogP contribution in [0, 0.1) is 6.92 Å². The number of carbonyl (C=O) groups is 1. The summed E-state index contributed by atoms with van der Waals surface area (Å²) in [6, 6.07) is 4.33. The molecule has 2 aromatic heterocycles. The van der Waals surface area contributed by atoms with Crippen molar-refractivity contribution in [2.45, 2.75) is 83.5 Å². The Balaban J connectivity index is 1.54. The van der Waals surface area contributed by atoms with Gasteiger partial charge in [0.1, 0.15) is 5.52 Å². The molecule has 0 bridgehead atoms. The Morgan fingerprint density at radius 1 is 1.27 bits per heavy atom. The number of anilines is 1. The predicted molar refractivity (Wildman–Crippen MR) is 101 cm³/mol. The maximum absolute atomic E-state index is 12.7. The average molecular weight is 356 g/mol. The number of carbonyl (C=O) groups excluding carboxylic acids is 1. The van der Waals surface area contributed by atoms with Crippen LogP contribution in [0.15, 0.2) is 12.1 Å². The largest absolute Gasteiger partial charge is 0.372 e. The highest BCUT2D eigenvalue weighted by Gasteiger charge is 2.31. The maximum atomic E-state index is 12.7. The Kier molecular flexibility index (Phi) is 4.47. The van der Waals surface area contributed by atoms with Gasteiger partial charge < -0.3 is 4.74 Å². The summed E-state index contributed by atoms with van der Waals surface area (Å²) in [5.41, 5.74) is 2.55. The maximum Gasteiger partial charge on any atom is 0.229 e. The first-order valence-electron chi connectivity index (χ1n) is 9.74. The zero-order valence-corrected chi connectivity index (χ0v) is 15.9. The first-order valence-corrected chi connectivity index (χ1v) is 9.74. The van der Waals surface area contributed by atoms with Crippen LogP contribution in [0.2, 0.25) is 0 Å². The highest BCUT2D eigenvalue weighted by atomic mass is 16.5. The molecule has 1 N–H and O–H groups in total. The van der Waals surface area contributed by atoms with E-state index >= 15 is 0 Å². The van der Waals surface area contributed by atoms with Crippen molar-refractivity contribution in [1.82, 2.24) is 14.5 Å². The molecule has 1 aliphatic carbocycles. The number of ether oxygens (including phenoxy) is 1. The van der Waals surface area contributed by atoms with Gasteiger partial charge in [-0.15, -0.1) is 0 Å². The Bertz CT molecular complexity index is 823. The van der Waals surface area contributed by atoms with Crippen LogP contribution in [0.1, 0.15) is 70.5 Å². The second kappa shape index (κ2) is 6.65. The van der Waals surface area contributed by atoms with Gasteiger partial charge in [0.25, 0.3) is 0 Å². The van der Waals surface area contributed by atoms with E-state index in [9.17, 15) is 4.79 Å². The van der Waals surface area contributed by atoms with Gasteiger partial charge in [0, 0.05) is 11.7 Å². The Hall–Kier alpha value is -1.95. The molecular formula is C20H28N4O2. The Labute approximate surface area is 154 Å². The van der Waals surface area contributed by atoms with E-state index in [1.54, 1.807) is 0 Å². The number of nitrogens with zero attached hydrogens (tertiary/aromatic N) is 3. The molecule has 0 radical (unpaired) electrons. The molecule has 1 saturated heterocycles. The molecular weight excluding hydrogens is 328 g/mol. The van der Waals surface area contributed by atoms with E-state index in [2.05, 4.69) is 33.7 Å². The monoisotopic (exact) mass is 356 g/mol. The highest BCUT2D eigenvalue weighted by molar-refractivity contribution is 5.91. The third-order valence-corrected chi connectivity index (χ3v) is 5.57. The fourth-order valence-electron chi connectivity index (χ4n) is 4.00. The number of hydrogen-bond acceptors (Lipinski definition) is 4. The van der Waals surface area contributed by atoms with E-state index in [0.717, 1.165) is 49.0 Å². The first-order chi connectivity index (χ1) is 12.4. The summed E-state index contributed by atoms with van der Waals surface area (Å²) in [4.78, 5) is 22.0. The predicted octanol–water partition coefficient (Wildman–Crippen LogP) is 4.14. The number of aromatic nitrogens is 3. The molecule has 2 aliphatic rings. The van der Waals surface area contributed by atoms with Crippen molar-refractivity contribution >= 4 is 23.0 Å². The summed E-state index contributed by atoms with van der Waals surface area (Å²) >= 11 is 0. The fourth-order valence-corrected chi connectivity index (χ4v) is 4.00. The van der Waals surface area contributed by atoms with Gasteiger partial charge in [-0.05, 0) is 71.4 Å². The number of aryl methyl sites for hydroxylation is 1. The molecule has 0 spiro atoms. The van der Waals surface area contributed by atoms with Crippen LogP contribution >= 0.6 is 0 Å². The minimum Gasteiger partial charge on any atom is -0.372 e. The van der Waals surface area contributed by atoms with Gasteiger partial charge in [-0.25, -0.2) is 9.97 Å². The van der Waals surface area contributed by atoms with Crippen LogP contribution < -0.4 is 5.32 Å². The molecule has 1 amide bonds. The second-order valence-corrected chi connectivity index (χ2v) is 8.33. The summed E-state index contributed by atoms with van der Waals surface area (Å²) in [7, 11) is 0. The van der Waals surface area contributed by atoms with Crippen molar-refractivity contribution in [3.05, 3.63) is 17.8 Å². The minimum atomic E-state index is -0.135. The van der Waals surface area contributed by atoms with E-state index in [4.69, 9.17) is 4.74 Å². The van der Waals surface area contributed by atoms with Gasteiger partial charge in [0.2, 0.25) is 11.9 Å². The van der Waals surface area contributed by atoms with Crippen LogP contribution in [0.4, 0.5) is 5.95 Å². The van der Waals surface area contributed by atoms with Gasteiger partial charge >= 0.3 is 0 Å². The van der Waals surface area contributed by atoms with Crippen molar-refractivity contribution in [3.63, 3.8) is 0 Å². The topological polar surface area (TPSA) is 69.0 Å². The molecule has 26 heavy (non-hydrogen) atoms. The van der Waals surface area contributed by atoms with Gasteiger partial charge in [-0.1, -0.05) is 0 Å². The second-order valence-electron chi connectivity index (χ2n) is 8.33. The molecule has 2 aromatic rings. The third kappa shape index (κ3) is 3.47. The van der Waals surface area contributed by atoms with Crippen molar-refractivity contribution in [3.8, 4) is 0 Å². The average Bonchev–Trinajstić information content (AvgIpc) is 2.82. The molecule has 3 heterocycles. The standard InChI is InChI=1S/C20H28N4O2/c1-13-9-10-16-18(21-13)24(14-6-4-7-14)19(22-16)23-17(25)12-15-8-5-11-20(2,3)26-15/h9-10,14-15H,4-8,11-12H2,1-3H3,(H,22,23,25). The molecule has 0 aromatic carbocycles. The van der Waals surface area contributed by atoms with Crippen molar-refractivity contribution < 1.29 is 9.53 Å². The zero-order chi connectivity index (χ0) is 18.3. The van der Waals surface area contributed by atoms with Crippen LogP contribution in [-0.4, -0.2) is 32.1 Å². The van der Waals surface area contributed by atoms with Gasteiger partial charge in [0.15, 0.2) is 5.65 Å². The van der Waals surface area contributed by atoms with Gasteiger partial charge in [-0.3, -0.25) is 14.7 Å². The molecule has 6 nitrogen and oxygen atoms in total. The Morgan fingerprint density at radius 3 is 2.77 bits per heavy atom. The van der Waals surface area contributed by atoms with E-state index in [1.165, 1.54) is 6.42 Å². The van der Waals surface area contributed by atoms with E-state index in [1.807, 2.05) is 19.1 Å². The fraction of sp³-hybridized carbons (Fsp3) is 0.650. The van der Waals surface area contributed by atoms with Crippen LogP contribution in [0.25, 0.3) is 11.2 Å². The molecule has 2 fully saturated rings. The van der Waals surface area contributed by atoms with Gasteiger partial charge in [-0.2, -0.15) is 0 Å². The van der Waals surface area contributed by atoms with Gasteiger partial charge in [0.05, 0.1) is 18.1 Å². The van der Waals surface area contributed by atoms with Crippen molar-refractivity contribution in [2.75, 3.05) is 5.32 Å². The summed E-state index contributed by atoms with van der Waals surface area (Å²) in [6.07, 6.45) is 6.91. The number of rotatable bonds is 4. The molecule has 6 heteroatoms. The summed E-state index contributed by atoms with van der Waals surface area (Å²) in [6.45, 7) is 6.18. The quantitative estimate of drug-likeness (QED) is 0.894. The number of amides is 1. The van der Waals surface area contributed by atoms with Crippen LogP contribution in [-0.2, 0) is 9.53 Å². The number of hydrogen-bond donors (Lipinski definition) is 1. The van der Waals surface area contributed by atoms with E-state index < -0.39 is 0 Å². The summed E-state index contributed by atoms with van der Waals surface area (Å²) < 4.78 is 8.19. The van der Waals surface area contributed by atoms with E-state index in [0.29, 0.717) is 18.4 Å². The molecule has 4 rings (SSSR count). The molecule has 140 valence electrons. The van der Waals surface area contributed by atoms with Crippen LogP contribution in [0.3, 0.4) is 0 Å². The molecule has 1 aliphatic heterocycles. The lowest BCUT2D eigenvalue weighted by molar-refractivity contribution is -0.131. The number of imidazole rings is 1. The lowest BCUT2D eigenvalue weighted by Gasteiger charge is -2.35. The highest BCUT2D eigenvalue weighted by Crippen LogP contribution is 2.37. The zero-order valence-electron chi connectivity index (χ0n) is 15.9.